The van der Waals surface area contributed by atoms with Crippen LogP contribution in [0, 0.1) is 0 Å². The van der Waals surface area contributed by atoms with Crippen molar-refractivity contribution in [3.05, 3.63) is 42.0 Å². The van der Waals surface area contributed by atoms with E-state index in [9.17, 15) is 4.79 Å². The van der Waals surface area contributed by atoms with Gasteiger partial charge in [0.15, 0.2) is 11.5 Å². The number of nitrogens with one attached hydrogen (secondary N) is 1. The minimum absolute atomic E-state index is 0.322. The Morgan fingerprint density at radius 1 is 1.00 bits per heavy atom. The van der Waals surface area contributed by atoms with E-state index in [0.29, 0.717) is 34.2 Å². The summed E-state index contributed by atoms with van der Waals surface area (Å²) in [6.07, 6.45) is 0. The number of hydrogen-bond donors (Lipinski definition) is 2. The Morgan fingerprint density at radius 2 is 1.59 bits per heavy atom. The highest BCUT2D eigenvalue weighted by atomic mass is 16.5. The monoisotopic (exact) mass is 302 g/mol. The van der Waals surface area contributed by atoms with Crippen molar-refractivity contribution in [3.63, 3.8) is 0 Å². The van der Waals surface area contributed by atoms with Crippen LogP contribution >= 0.6 is 0 Å². The van der Waals surface area contributed by atoms with E-state index in [2.05, 4.69) is 5.32 Å². The molecule has 2 rings (SSSR count). The number of anilines is 2. The quantitative estimate of drug-likeness (QED) is 0.829. The summed E-state index contributed by atoms with van der Waals surface area (Å²) in [6.45, 7) is 0. The summed E-state index contributed by atoms with van der Waals surface area (Å²) < 4.78 is 15.7. The summed E-state index contributed by atoms with van der Waals surface area (Å²) >= 11 is 0. The smallest absolute Gasteiger partial charge is 0.255 e. The van der Waals surface area contributed by atoms with Crippen LogP contribution in [0.15, 0.2) is 36.4 Å². The maximum Gasteiger partial charge on any atom is 0.255 e. The van der Waals surface area contributed by atoms with Crippen molar-refractivity contribution in [1.29, 1.82) is 0 Å². The van der Waals surface area contributed by atoms with Crippen molar-refractivity contribution >= 4 is 17.3 Å². The normalized spacial score (nSPS) is 9.95. The third-order valence-corrected chi connectivity index (χ3v) is 3.14. The summed E-state index contributed by atoms with van der Waals surface area (Å²) in [5, 5.41) is 2.75. The first-order valence-electron chi connectivity index (χ1n) is 6.56. The van der Waals surface area contributed by atoms with Gasteiger partial charge in [0.1, 0.15) is 0 Å². The molecule has 0 aliphatic heterocycles. The van der Waals surface area contributed by atoms with Crippen LogP contribution in [0.4, 0.5) is 11.4 Å². The first-order valence-corrected chi connectivity index (χ1v) is 6.56. The number of carbonyl (C=O) groups is 1. The van der Waals surface area contributed by atoms with Gasteiger partial charge < -0.3 is 25.3 Å². The third kappa shape index (κ3) is 3.06. The van der Waals surface area contributed by atoms with Gasteiger partial charge in [-0.1, -0.05) is 12.1 Å². The Balaban J connectivity index is 2.36. The molecule has 0 heterocycles. The van der Waals surface area contributed by atoms with E-state index in [1.807, 2.05) is 0 Å². The first-order chi connectivity index (χ1) is 10.6. The molecule has 0 radical (unpaired) electrons. The predicted molar refractivity (Wildman–Crippen MR) is 84.9 cm³/mol. The average molecular weight is 302 g/mol. The van der Waals surface area contributed by atoms with Gasteiger partial charge in [-0.2, -0.15) is 0 Å². The fourth-order valence-electron chi connectivity index (χ4n) is 2.02. The highest BCUT2D eigenvalue weighted by Crippen LogP contribution is 2.38. The Morgan fingerprint density at radius 3 is 2.09 bits per heavy atom. The SMILES string of the molecule is COc1cc(C(=O)Nc2ccccc2N)cc(OC)c1OC. The number of nitrogens with two attached hydrogens (primary N) is 1. The minimum atomic E-state index is -0.322. The summed E-state index contributed by atoms with van der Waals surface area (Å²) in [7, 11) is 4.49. The van der Waals surface area contributed by atoms with Crippen LogP contribution in [0.3, 0.4) is 0 Å². The van der Waals surface area contributed by atoms with Crippen molar-refractivity contribution in [1.82, 2.24) is 0 Å². The molecule has 0 bridgehead atoms. The molecule has 0 aliphatic carbocycles. The Kier molecular flexibility index (Phi) is 4.73. The van der Waals surface area contributed by atoms with Gasteiger partial charge in [-0.05, 0) is 24.3 Å². The first kappa shape index (κ1) is 15.5. The molecule has 22 heavy (non-hydrogen) atoms. The van der Waals surface area contributed by atoms with E-state index in [1.165, 1.54) is 21.3 Å². The van der Waals surface area contributed by atoms with E-state index in [-0.39, 0.29) is 5.91 Å². The van der Waals surface area contributed by atoms with Gasteiger partial charge in [-0.3, -0.25) is 4.79 Å². The summed E-state index contributed by atoms with van der Waals surface area (Å²) in [6, 6.07) is 10.2. The van der Waals surface area contributed by atoms with Crippen LogP contribution in [-0.2, 0) is 0 Å². The molecular formula is C16H18N2O4. The molecule has 0 saturated carbocycles. The van der Waals surface area contributed by atoms with Crippen LogP contribution in [0.2, 0.25) is 0 Å². The van der Waals surface area contributed by atoms with Gasteiger partial charge in [0.25, 0.3) is 5.91 Å². The average Bonchev–Trinajstić information content (AvgIpc) is 2.55. The standard InChI is InChI=1S/C16H18N2O4/c1-20-13-8-10(9-14(21-2)15(13)22-3)16(19)18-12-7-5-4-6-11(12)17/h4-9H,17H2,1-3H3,(H,18,19). The van der Waals surface area contributed by atoms with Crippen molar-refractivity contribution in [2.75, 3.05) is 32.4 Å². The second-order valence-electron chi connectivity index (χ2n) is 4.46. The molecule has 0 saturated heterocycles. The Labute approximate surface area is 128 Å². The van der Waals surface area contributed by atoms with Crippen molar-refractivity contribution < 1.29 is 19.0 Å². The molecule has 116 valence electrons. The molecule has 0 aromatic heterocycles. The number of carbonyl (C=O) groups excluding carboxylic acids is 1. The maximum atomic E-state index is 12.4. The van der Waals surface area contributed by atoms with Gasteiger partial charge in [0.05, 0.1) is 32.7 Å². The highest BCUT2D eigenvalue weighted by Gasteiger charge is 2.17. The van der Waals surface area contributed by atoms with Crippen molar-refractivity contribution in [2.45, 2.75) is 0 Å². The predicted octanol–water partition coefficient (Wildman–Crippen LogP) is 2.55. The largest absolute Gasteiger partial charge is 0.493 e. The van der Waals surface area contributed by atoms with E-state index in [1.54, 1.807) is 36.4 Å². The summed E-state index contributed by atoms with van der Waals surface area (Å²) in [5.41, 5.74) is 7.23. The summed E-state index contributed by atoms with van der Waals surface area (Å²) in [4.78, 5) is 12.4. The lowest BCUT2D eigenvalue weighted by atomic mass is 10.1. The van der Waals surface area contributed by atoms with Gasteiger partial charge in [-0.25, -0.2) is 0 Å². The number of para-hydroxylation sites is 2. The van der Waals surface area contributed by atoms with Gasteiger partial charge >= 0.3 is 0 Å². The molecular weight excluding hydrogens is 284 g/mol. The number of benzene rings is 2. The molecule has 0 spiro atoms. The zero-order valence-electron chi connectivity index (χ0n) is 12.7. The van der Waals surface area contributed by atoms with Crippen LogP contribution in [0.1, 0.15) is 10.4 Å². The molecule has 1 amide bonds. The number of nitrogen functional groups attached to an aromatic ring is 1. The molecule has 3 N–H and O–H groups in total. The fraction of sp³-hybridized carbons (Fsp3) is 0.188. The molecule has 2 aromatic rings. The molecule has 0 aliphatic rings. The lowest BCUT2D eigenvalue weighted by Crippen LogP contribution is -2.13. The molecule has 6 nitrogen and oxygen atoms in total. The zero-order valence-corrected chi connectivity index (χ0v) is 12.7. The molecule has 0 fully saturated rings. The molecule has 0 atom stereocenters. The number of amides is 1. The topological polar surface area (TPSA) is 82.8 Å². The lowest BCUT2D eigenvalue weighted by Gasteiger charge is -2.14. The van der Waals surface area contributed by atoms with Crippen molar-refractivity contribution in [2.24, 2.45) is 0 Å². The Hall–Kier alpha value is -2.89. The van der Waals surface area contributed by atoms with E-state index >= 15 is 0 Å². The number of ether oxygens (including phenoxy) is 3. The van der Waals surface area contributed by atoms with Crippen LogP contribution in [0.25, 0.3) is 0 Å². The minimum Gasteiger partial charge on any atom is -0.493 e. The number of hydrogen-bond acceptors (Lipinski definition) is 5. The van der Waals surface area contributed by atoms with Crippen LogP contribution in [-0.4, -0.2) is 27.2 Å². The molecule has 2 aromatic carbocycles. The molecule has 6 heteroatoms. The van der Waals surface area contributed by atoms with E-state index < -0.39 is 0 Å². The third-order valence-electron chi connectivity index (χ3n) is 3.14. The number of methoxy groups -OCH3 is 3. The fourth-order valence-corrected chi connectivity index (χ4v) is 2.02. The number of rotatable bonds is 5. The van der Waals surface area contributed by atoms with Crippen LogP contribution in [0.5, 0.6) is 17.2 Å². The van der Waals surface area contributed by atoms with Gasteiger partial charge in [-0.15, -0.1) is 0 Å². The molecule has 0 unspecified atom stereocenters. The zero-order chi connectivity index (χ0) is 16.1. The summed E-state index contributed by atoms with van der Waals surface area (Å²) in [5.74, 6) is 0.930. The Bertz CT molecular complexity index is 661. The van der Waals surface area contributed by atoms with Gasteiger partial charge in [0, 0.05) is 5.56 Å². The maximum absolute atomic E-state index is 12.4. The van der Waals surface area contributed by atoms with E-state index in [0.717, 1.165) is 0 Å². The van der Waals surface area contributed by atoms with Crippen molar-refractivity contribution in [3.8, 4) is 17.2 Å². The van der Waals surface area contributed by atoms with Crippen LogP contribution < -0.4 is 25.3 Å². The highest BCUT2D eigenvalue weighted by molar-refractivity contribution is 6.06. The van der Waals surface area contributed by atoms with E-state index in [4.69, 9.17) is 19.9 Å². The van der Waals surface area contributed by atoms with Gasteiger partial charge in [0.2, 0.25) is 5.75 Å². The second-order valence-corrected chi connectivity index (χ2v) is 4.46. The second kappa shape index (κ2) is 6.71. The lowest BCUT2D eigenvalue weighted by molar-refractivity contribution is 0.102.